The molecule has 2 fully saturated rings. The number of pyridine rings is 1. The van der Waals surface area contributed by atoms with E-state index in [1.807, 2.05) is 33.8 Å². The Hall–Kier alpha value is -1.79. The average Bonchev–Trinajstić information content (AvgIpc) is 3.26. The standard InChI is InChI=1S/C16H20ClN5O/c17-12-1-4-15-18-14(11-22(15)9-12)10-20-5-7-21(8-6-20)16(23)19-13-2-3-13/h1,4,9,11,13H,2-3,5-8,10H2,(H,19,23). The normalized spacial score (nSPS) is 19.3. The lowest BCUT2D eigenvalue weighted by atomic mass is 10.3. The Morgan fingerprint density at radius 2 is 2.00 bits per heavy atom. The molecule has 4 rings (SSSR count). The second-order valence-corrected chi connectivity index (χ2v) is 6.77. The summed E-state index contributed by atoms with van der Waals surface area (Å²) in [6.07, 6.45) is 6.15. The zero-order valence-corrected chi connectivity index (χ0v) is 13.7. The van der Waals surface area contributed by atoms with E-state index in [1.165, 1.54) is 0 Å². The fourth-order valence-corrected chi connectivity index (χ4v) is 3.09. The Labute approximate surface area is 140 Å². The van der Waals surface area contributed by atoms with Crippen LogP contribution in [0.4, 0.5) is 4.79 Å². The minimum absolute atomic E-state index is 0.0922. The zero-order valence-electron chi connectivity index (χ0n) is 12.9. The molecule has 0 bridgehead atoms. The van der Waals surface area contributed by atoms with Gasteiger partial charge in [-0.05, 0) is 25.0 Å². The summed E-state index contributed by atoms with van der Waals surface area (Å²) in [4.78, 5) is 20.9. The molecule has 2 aliphatic rings. The average molecular weight is 334 g/mol. The zero-order chi connectivity index (χ0) is 15.8. The van der Waals surface area contributed by atoms with Gasteiger partial charge in [0.05, 0.1) is 10.7 Å². The summed E-state index contributed by atoms with van der Waals surface area (Å²) < 4.78 is 1.96. The SMILES string of the molecule is O=C(NC1CC1)N1CCN(Cc2cn3cc(Cl)ccc3n2)CC1. The topological polar surface area (TPSA) is 52.9 Å². The lowest BCUT2D eigenvalue weighted by Crippen LogP contribution is -2.51. The molecule has 0 aromatic carbocycles. The Balaban J connectivity index is 1.33. The number of imidazole rings is 1. The molecule has 0 unspecified atom stereocenters. The minimum atomic E-state index is 0.0922. The van der Waals surface area contributed by atoms with Crippen LogP contribution in [0.2, 0.25) is 5.02 Å². The van der Waals surface area contributed by atoms with Crippen LogP contribution in [0.3, 0.4) is 0 Å². The summed E-state index contributed by atoms with van der Waals surface area (Å²) in [7, 11) is 0. The molecule has 1 aliphatic carbocycles. The maximum absolute atomic E-state index is 12.0. The van der Waals surface area contributed by atoms with E-state index in [1.54, 1.807) is 0 Å². The highest BCUT2D eigenvalue weighted by Crippen LogP contribution is 2.19. The summed E-state index contributed by atoms with van der Waals surface area (Å²) in [5.41, 5.74) is 1.94. The molecule has 2 aromatic heterocycles. The first kappa shape index (κ1) is 14.8. The van der Waals surface area contributed by atoms with E-state index in [2.05, 4.69) is 15.2 Å². The van der Waals surface area contributed by atoms with E-state index in [9.17, 15) is 4.79 Å². The number of piperazine rings is 1. The molecule has 1 N–H and O–H groups in total. The molecule has 1 aliphatic heterocycles. The van der Waals surface area contributed by atoms with Crippen molar-refractivity contribution < 1.29 is 4.79 Å². The van der Waals surface area contributed by atoms with Crippen molar-refractivity contribution in [3.8, 4) is 0 Å². The number of nitrogens with zero attached hydrogens (tertiary/aromatic N) is 4. The number of aromatic nitrogens is 2. The van der Waals surface area contributed by atoms with Gasteiger partial charge in [-0.2, -0.15) is 0 Å². The van der Waals surface area contributed by atoms with Crippen LogP contribution in [-0.2, 0) is 6.54 Å². The highest BCUT2D eigenvalue weighted by Gasteiger charge is 2.27. The highest BCUT2D eigenvalue weighted by molar-refractivity contribution is 6.30. The summed E-state index contributed by atoms with van der Waals surface area (Å²) in [6, 6.07) is 4.29. The molecule has 3 heterocycles. The lowest BCUT2D eigenvalue weighted by molar-refractivity contribution is 0.134. The Kier molecular flexibility index (Phi) is 3.87. The van der Waals surface area contributed by atoms with Gasteiger partial charge >= 0.3 is 6.03 Å². The molecule has 7 heteroatoms. The van der Waals surface area contributed by atoms with Gasteiger partial charge in [0.25, 0.3) is 0 Å². The van der Waals surface area contributed by atoms with Crippen molar-refractivity contribution >= 4 is 23.3 Å². The maximum Gasteiger partial charge on any atom is 0.317 e. The largest absolute Gasteiger partial charge is 0.335 e. The Morgan fingerprint density at radius 1 is 1.22 bits per heavy atom. The molecule has 23 heavy (non-hydrogen) atoms. The molecule has 2 aromatic rings. The van der Waals surface area contributed by atoms with Crippen LogP contribution in [0.5, 0.6) is 0 Å². The smallest absolute Gasteiger partial charge is 0.317 e. The van der Waals surface area contributed by atoms with E-state index in [0.29, 0.717) is 11.1 Å². The van der Waals surface area contributed by atoms with Gasteiger partial charge < -0.3 is 14.6 Å². The van der Waals surface area contributed by atoms with Crippen LogP contribution in [-0.4, -0.2) is 57.4 Å². The van der Waals surface area contributed by atoms with E-state index in [-0.39, 0.29) is 6.03 Å². The van der Waals surface area contributed by atoms with Gasteiger partial charge in [-0.1, -0.05) is 11.6 Å². The Bertz CT molecular complexity index is 718. The van der Waals surface area contributed by atoms with Gasteiger partial charge in [0, 0.05) is 51.2 Å². The summed E-state index contributed by atoms with van der Waals surface area (Å²) in [5, 5.41) is 3.76. The fraction of sp³-hybridized carbons (Fsp3) is 0.500. The molecule has 0 spiro atoms. The van der Waals surface area contributed by atoms with Crippen molar-refractivity contribution in [2.75, 3.05) is 26.2 Å². The third-order valence-corrected chi connectivity index (χ3v) is 4.64. The van der Waals surface area contributed by atoms with Crippen LogP contribution >= 0.6 is 11.6 Å². The first-order valence-corrected chi connectivity index (χ1v) is 8.46. The molecule has 1 saturated heterocycles. The second-order valence-electron chi connectivity index (χ2n) is 6.33. The third-order valence-electron chi connectivity index (χ3n) is 4.41. The van der Waals surface area contributed by atoms with Crippen LogP contribution in [0, 0.1) is 0 Å². The van der Waals surface area contributed by atoms with Crippen molar-refractivity contribution in [3.63, 3.8) is 0 Å². The fourth-order valence-electron chi connectivity index (χ4n) is 2.93. The molecular weight excluding hydrogens is 314 g/mol. The lowest BCUT2D eigenvalue weighted by Gasteiger charge is -2.34. The van der Waals surface area contributed by atoms with Gasteiger partial charge in [-0.15, -0.1) is 0 Å². The quantitative estimate of drug-likeness (QED) is 0.934. The van der Waals surface area contributed by atoms with E-state index in [4.69, 9.17) is 11.6 Å². The maximum atomic E-state index is 12.0. The van der Waals surface area contributed by atoms with Crippen molar-refractivity contribution in [2.24, 2.45) is 0 Å². The van der Waals surface area contributed by atoms with Crippen LogP contribution in [0.25, 0.3) is 5.65 Å². The number of carbonyl (C=O) groups is 1. The minimum Gasteiger partial charge on any atom is -0.335 e. The first-order chi connectivity index (χ1) is 11.2. The van der Waals surface area contributed by atoms with Crippen molar-refractivity contribution in [3.05, 3.63) is 35.2 Å². The molecule has 6 nitrogen and oxygen atoms in total. The van der Waals surface area contributed by atoms with Gasteiger partial charge in [0.1, 0.15) is 5.65 Å². The van der Waals surface area contributed by atoms with Gasteiger partial charge in [-0.25, -0.2) is 9.78 Å². The predicted molar refractivity (Wildman–Crippen MR) is 88.6 cm³/mol. The highest BCUT2D eigenvalue weighted by atomic mass is 35.5. The molecule has 0 atom stereocenters. The number of urea groups is 1. The molecule has 0 radical (unpaired) electrons. The second kappa shape index (κ2) is 6.02. The number of halogens is 1. The molecule has 2 amide bonds. The van der Waals surface area contributed by atoms with Crippen LogP contribution < -0.4 is 5.32 Å². The van der Waals surface area contributed by atoms with Crippen molar-refractivity contribution in [1.82, 2.24) is 24.5 Å². The van der Waals surface area contributed by atoms with E-state index in [0.717, 1.165) is 56.9 Å². The van der Waals surface area contributed by atoms with Crippen LogP contribution in [0.15, 0.2) is 24.5 Å². The number of rotatable bonds is 3. The van der Waals surface area contributed by atoms with Crippen LogP contribution in [0.1, 0.15) is 18.5 Å². The van der Waals surface area contributed by atoms with E-state index < -0.39 is 0 Å². The molecular formula is C16H20ClN5O. The van der Waals surface area contributed by atoms with Gasteiger partial charge in [0.2, 0.25) is 0 Å². The monoisotopic (exact) mass is 333 g/mol. The Morgan fingerprint density at radius 3 is 2.74 bits per heavy atom. The van der Waals surface area contributed by atoms with Crippen molar-refractivity contribution in [1.29, 1.82) is 0 Å². The molecule has 122 valence electrons. The number of fused-ring (bicyclic) bond motifs is 1. The van der Waals surface area contributed by atoms with Crippen molar-refractivity contribution in [2.45, 2.75) is 25.4 Å². The summed E-state index contributed by atoms with van der Waals surface area (Å²) in [5.74, 6) is 0. The number of nitrogens with one attached hydrogen (secondary N) is 1. The number of amides is 2. The molecule has 1 saturated carbocycles. The van der Waals surface area contributed by atoms with E-state index >= 15 is 0 Å². The first-order valence-electron chi connectivity index (χ1n) is 8.08. The predicted octanol–water partition coefficient (Wildman–Crippen LogP) is 1.98. The summed E-state index contributed by atoms with van der Waals surface area (Å²) in [6.45, 7) is 4.12. The third kappa shape index (κ3) is 3.43. The van der Waals surface area contributed by atoms with Gasteiger partial charge in [-0.3, -0.25) is 4.90 Å². The number of hydrogen-bond acceptors (Lipinski definition) is 3. The summed E-state index contributed by atoms with van der Waals surface area (Å²) >= 11 is 6.00. The van der Waals surface area contributed by atoms with Gasteiger partial charge in [0.15, 0.2) is 0 Å². The number of carbonyl (C=O) groups excluding carboxylic acids is 1. The number of hydrogen-bond donors (Lipinski definition) is 1.